The van der Waals surface area contributed by atoms with E-state index in [1.165, 1.54) is 19.3 Å². The van der Waals surface area contributed by atoms with E-state index in [4.69, 9.17) is 5.73 Å². The second-order valence-corrected chi connectivity index (χ2v) is 5.81. The van der Waals surface area contributed by atoms with Crippen LogP contribution >= 0.6 is 0 Å². The lowest BCUT2D eigenvalue weighted by Crippen LogP contribution is -2.16. The Hall–Kier alpha value is -1.52. The van der Waals surface area contributed by atoms with E-state index in [-0.39, 0.29) is 0 Å². The smallest absolute Gasteiger partial charge is 0.202 e. The van der Waals surface area contributed by atoms with Crippen LogP contribution in [0.3, 0.4) is 0 Å². The normalized spacial score (nSPS) is 23.5. The summed E-state index contributed by atoms with van der Waals surface area (Å²) in [7, 11) is 2.00. The van der Waals surface area contributed by atoms with Crippen molar-refractivity contribution in [2.75, 3.05) is 5.73 Å². The van der Waals surface area contributed by atoms with E-state index >= 15 is 0 Å². The highest BCUT2D eigenvalue weighted by atomic mass is 15.4. The Labute approximate surface area is 113 Å². The minimum absolute atomic E-state index is 0.481. The molecule has 0 spiro atoms. The summed E-state index contributed by atoms with van der Waals surface area (Å²) in [5.74, 6) is 1.32. The van der Waals surface area contributed by atoms with E-state index in [1.807, 2.05) is 11.7 Å². The lowest BCUT2D eigenvalue weighted by atomic mass is 10.1. The Morgan fingerprint density at radius 3 is 2.79 bits per heavy atom. The maximum absolute atomic E-state index is 6.18. The van der Waals surface area contributed by atoms with Gasteiger partial charge in [0.05, 0.1) is 5.69 Å². The van der Waals surface area contributed by atoms with Crippen molar-refractivity contribution in [3.8, 4) is 0 Å². The molecule has 104 valence electrons. The molecule has 0 aliphatic heterocycles. The molecule has 3 rings (SSSR count). The van der Waals surface area contributed by atoms with Crippen molar-refractivity contribution in [3.63, 3.8) is 0 Å². The van der Waals surface area contributed by atoms with Gasteiger partial charge in [0.25, 0.3) is 0 Å². The maximum atomic E-state index is 6.18. The van der Waals surface area contributed by atoms with Gasteiger partial charge in [0.15, 0.2) is 5.65 Å². The predicted octanol–water partition coefficient (Wildman–Crippen LogP) is 2.67. The Morgan fingerprint density at radius 1 is 1.37 bits per heavy atom. The summed E-state index contributed by atoms with van der Waals surface area (Å²) in [6.07, 6.45) is 5.81. The van der Waals surface area contributed by atoms with Crippen LogP contribution in [-0.4, -0.2) is 19.3 Å². The summed E-state index contributed by atoms with van der Waals surface area (Å²) < 4.78 is 4.17. The molecule has 2 aromatic heterocycles. The monoisotopic (exact) mass is 261 g/mol. The Kier molecular flexibility index (Phi) is 2.99. The Morgan fingerprint density at radius 2 is 2.16 bits per heavy atom. The highest BCUT2D eigenvalue weighted by Gasteiger charge is 2.30. The highest BCUT2D eigenvalue weighted by Crippen LogP contribution is 2.39. The summed E-state index contributed by atoms with van der Waals surface area (Å²) in [4.78, 5) is 4.59. The number of nitrogens with two attached hydrogens (primary N) is 1. The van der Waals surface area contributed by atoms with E-state index in [0.29, 0.717) is 17.9 Å². The van der Waals surface area contributed by atoms with Crippen LogP contribution in [0.2, 0.25) is 0 Å². The van der Waals surface area contributed by atoms with E-state index < -0.39 is 0 Å². The van der Waals surface area contributed by atoms with Crippen molar-refractivity contribution in [1.82, 2.24) is 19.3 Å². The number of fused-ring (bicyclic) bond motifs is 1. The number of anilines is 1. The third kappa shape index (κ3) is 1.83. The molecule has 0 radical (unpaired) electrons. The number of nitrogens with zero attached hydrogens (tertiary/aromatic N) is 4. The maximum Gasteiger partial charge on any atom is 0.202 e. The van der Waals surface area contributed by atoms with Gasteiger partial charge >= 0.3 is 0 Å². The van der Waals surface area contributed by atoms with Crippen LogP contribution in [0.15, 0.2) is 0 Å². The van der Waals surface area contributed by atoms with Crippen LogP contribution < -0.4 is 5.73 Å². The molecule has 1 aliphatic rings. The first-order chi connectivity index (χ1) is 9.13. The molecule has 0 bridgehead atoms. The van der Waals surface area contributed by atoms with Gasteiger partial charge < -0.3 is 5.73 Å². The fraction of sp³-hybridized carbons (Fsp3) is 0.714. The highest BCUT2D eigenvalue weighted by molar-refractivity contribution is 5.78. The fourth-order valence-electron chi connectivity index (χ4n) is 3.46. The van der Waals surface area contributed by atoms with Crippen LogP contribution in [0.1, 0.15) is 51.3 Å². The van der Waals surface area contributed by atoms with Crippen LogP contribution in [0.5, 0.6) is 0 Å². The van der Waals surface area contributed by atoms with Gasteiger partial charge in [-0.3, -0.25) is 9.25 Å². The van der Waals surface area contributed by atoms with Crippen molar-refractivity contribution < 1.29 is 0 Å². The number of nitrogen functional groups attached to an aromatic ring is 1. The molecule has 0 aromatic carbocycles. The molecule has 5 nitrogen and oxygen atoms in total. The van der Waals surface area contributed by atoms with Gasteiger partial charge in [0.1, 0.15) is 5.52 Å². The first-order valence-electron chi connectivity index (χ1n) is 7.32. The van der Waals surface area contributed by atoms with Crippen molar-refractivity contribution in [3.05, 3.63) is 5.69 Å². The number of aromatic nitrogens is 4. The molecular weight excluding hydrogens is 238 g/mol. The van der Waals surface area contributed by atoms with Crippen molar-refractivity contribution in [2.24, 2.45) is 13.0 Å². The number of aryl methyl sites for hydroxylation is 2. The minimum Gasteiger partial charge on any atom is -0.369 e. The molecule has 0 amide bonds. The molecule has 19 heavy (non-hydrogen) atoms. The largest absolute Gasteiger partial charge is 0.369 e. The Bertz CT molecular complexity index is 595. The third-order valence-corrected chi connectivity index (χ3v) is 4.40. The van der Waals surface area contributed by atoms with Gasteiger partial charge in [-0.05, 0) is 25.2 Å². The summed E-state index contributed by atoms with van der Waals surface area (Å²) in [6, 6.07) is 0.481. The van der Waals surface area contributed by atoms with E-state index in [0.717, 1.165) is 29.7 Å². The minimum atomic E-state index is 0.481. The van der Waals surface area contributed by atoms with Crippen LogP contribution in [0.4, 0.5) is 5.95 Å². The number of hydrogen-bond donors (Lipinski definition) is 1. The summed E-state index contributed by atoms with van der Waals surface area (Å²) in [5.41, 5.74) is 9.36. The predicted molar refractivity (Wildman–Crippen MR) is 77.0 cm³/mol. The molecule has 2 aromatic rings. The lowest BCUT2D eigenvalue weighted by Gasteiger charge is -2.19. The van der Waals surface area contributed by atoms with Crippen LogP contribution in [0.25, 0.3) is 11.2 Å². The van der Waals surface area contributed by atoms with Gasteiger partial charge in [0, 0.05) is 13.1 Å². The standard InChI is InChI=1S/C14H23N5/c1-4-6-10-12-13(18(3)17-10)19(14(15)16-12)11-8-5-7-9(11)2/h9,11H,4-8H2,1-3H3,(H2,15,16). The quantitative estimate of drug-likeness (QED) is 0.924. The second-order valence-electron chi connectivity index (χ2n) is 5.81. The molecular formula is C14H23N5. The summed E-state index contributed by atoms with van der Waals surface area (Å²) >= 11 is 0. The average molecular weight is 261 g/mol. The fourth-order valence-corrected chi connectivity index (χ4v) is 3.46. The van der Waals surface area contributed by atoms with E-state index in [2.05, 4.69) is 28.5 Å². The van der Waals surface area contributed by atoms with Crippen LogP contribution in [-0.2, 0) is 13.5 Å². The lowest BCUT2D eigenvalue weighted by molar-refractivity contribution is 0.416. The molecule has 2 atom stereocenters. The molecule has 5 heteroatoms. The number of hydrogen-bond acceptors (Lipinski definition) is 3. The molecule has 2 unspecified atom stereocenters. The van der Waals surface area contributed by atoms with Gasteiger partial charge in [-0.15, -0.1) is 0 Å². The SMILES string of the molecule is CCCc1nn(C)c2c1nc(N)n2C1CCCC1C. The summed E-state index contributed by atoms with van der Waals surface area (Å²) in [5, 5.41) is 4.62. The molecule has 0 saturated heterocycles. The van der Waals surface area contributed by atoms with Gasteiger partial charge in [-0.2, -0.15) is 5.10 Å². The van der Waals surface area contributed by atoms with Crippen LogP contribution in [0, 0.1) is 5.92 Å². The van der Waals surface area contributed by atoms with Crippen molar-refractivity contribution in [2.45, 2.75) is 52.0 Å². The number of imidazole rings is 1. The second kappa shape index (κ2) is 4.54. The molecule has 1 saturated carbocycles. The van der Waals surface area contributed by atoms with Gasteiger partial charge in [0.2, 0.25) is 5.95 Å². The zero-order valence-corrected chi connectivity index (χ0v) is 12.1. The molecule has 1 fully saturated rings. The summed E-state index contributed by atoms with van der Waals surface area (Å²) in [6.45, 7) is 4.48. The average Bonchev–Trinajstić information content (AvgIpc) is 2.98. The van der Waals surface area contributed by atoms with Crippen molar-refractivity contribution >= 4 is 17.1 Å². The molecule has 2 N–H and O–H groups in total. The molecule has 1 aliphatic carbocycles. The van der Waals surface area contributed by atoms with Gasteiger partial charge in [-0.1, -0.05) is 26.7 Å². The van der Waals surface area contributed by atoms with Gasteiger partial charge in [-0.25, -0.2) is 4.98 Å². The van der Waals surface area contributed by atoms with E-state index in [1.54, 1.807) is 0 Å². The molecule has 2 heterocycles. The zero-order valence-electron chi connectivity index (χ0n) is 12.1. The third-order valence-electron chi connectivity index (χ3n) is 4.40. The first-order valence-corrected chi connectivity index (χ1v) is 7.32. The number of rotatable bonds is 3. The van der Waals surface area contributed by atoms with Crippen molar-refractivity contribution in [1.29, 1.82) is 0 Å². The zero-order chi connectivity index (χ0) is 13.6. The topological polar surface area (TPSA) is 61.7 Å². The first kappa shape index (κ1) is 12.5. The Balaban J connectivity index is 2.16. The van der Waals surface area contributed by atoms with E-state index in [9.17, 15) is 0 Å².